The second-order valence-electron chi connectivity index (χ2n) is 5.81. The van der Waals surface area contributed by atoms with Crippen LogP contribution in [0, 0.1) is 0 Å². The van der Waals surface area contributed by atoms with Gasteiger partial charge in [-0.2, -0.15) is 0 Å². The number of nitrogen functional groups attached to an aromatic ring is 1. The number of benzene rings is 1. The molecule has 1 aliphatic rings. The fourth-order valence-electron chi connectivity index (χ4n) is 1.67. The minimum atomic E-state index is -0.402. The van der Waals surface area contributed by atoms with Crippen molar-refractivity contribution in [3.8, 4) is 0 Å². The van der Waals surface area contributed by atoms with Crippen LogP contribution in [0.15, 0.2) is 29.1 Å². The van der Waals surface area contributed by atoms with Crippen LogP contribution in [0.5, 0.6) is 0 Å². The molecule has 0 aromatic heterocycles. The number of halogens is 2. The van der Waals surface area contributed by atoms with Gasteiger partial charge >= 0.3 is 0 Å². The van der Waals surface area contributed by atoms with Crippen molar-refractivity contribution in [1.29, 1.82) is 0 Å². The van der Waals surface area contributed by atoms with Gasteiger partial charge in [0.25, 0.3) is 5.95 Å². The minimum absolute atomic E-state index is 0.349. The van der Waals surface area contributed by atoms with Gasteiger partial charge in [0.2, 0.25) is 0 Å². The van der Waals surface area contributed by atoms with E-state index in [1.807, 2.05) is 27.7 Å². The number of aliphatic imine (C=N–C) groups is 1. The summed E-state index contributed by atoms with van der Waals surface area (Å²) in [7, 11) is 0. The molecule has 1 fully saturated rings. The first-order valence-corrected chi connectivity index (χ1v) is 7.25. The van der Waals surface area contributed by atoms with Crippen LogP contribution in [-0.4, -0.2) is 17.4 Å². The molecule has 0 radical (unpaired) electrons. The number of hydrogen-bond acceptors (Lipinski definition) is 4. The monoisotopic (exact) mass is 328 g/mol. The Labute approximate surface area is 134 Å². The maximum absolute atomic E-state index is 5.95. The molecule has 0 amide bonds. The van der Waals surface area contributed by atoms with Gasteiger partial charge in [0.1, 0.15) is 11.2 Å². The lowest BCUT2D eigenvalue weighted by molar-refractivity contribution is 0.00578. The highest BCUT2D eigenvalue weighted by molar-refractivity contribution is 6.39. The average molecular weight is 329 g/mol. The van der Waals surface area contributed by atoms with Crippen LogP contribution in [0.2, 0.25) is 10.0 Å². The largest absolute Gasteiger partial charge is 0.455 e. The van der Waals surface area contributed by atoms with E-state index in [2.05, 4.69) is 4.99 Å². The molecule has 0 aliphatic carbocycles. The van der Waals surface area contributed by atoms with Gasteiger partial charge in [-0.05, 0) is 39.8 Å². The normalized spacial score (nSPS) is 19.4. The van der Waals surface area contributed by atoms with Crippen molar-refractivity contribution >= 4 is 40.8 Å². The highest BCUT2D eigenvalue weighted by Gasteiger charge is 2.48. The Bertz CT molecular complexity index is 581. The lowest BCUT2D eigenvalue weighted by Crippen LogP contribution is -2.41. The van der Waals surface area contributed by atoms with Gasteiger partial charge in [-0.1, -0.05) is 23.2 Å². The van der Waals surface area contributed by atoms with Crippen molar-refractivity contribution in [3.05, 3.63) is 34.2 Å². The van der Waals surface area contributed by atoms with Gasteiger partial charge in [-0.25, -0.2) is 0 Å². The summed E-state index contributed by atoms with van der Waals surface area (Å²) >= 11 is 11.9. The minimum Gasteiger partial charge on any atom is -0.455 e. The number of hydrogen-bond donors (Lipinski definition) is 1. The van der Waals surface area contributed by atoms with Gasteiger partial charge in [-0.3, -0.25) is 4.99 Å². The molecular formula is C15H18Cl2N2O2. The zero-order valence-electron chi connectivity index (χ0n) is 12.4. The van der Waals surface area contributed by atoms with Crippen LogP contribution in [-0.2, 0) is 9.47 Å². The summed E-state index contributed by atoms with van der Waals surface area (Å²) in [6, 6.07) is 3.28. The van der Waals surface area contributed by atoms with Gasteiger partial charge in [0.05, 0.1) is 21.4 Å². The first-order chi connectivity index (χ1) is 9.62. The summed E-state index contributed by atoms with van der Waals surface area (Å²) in [4.78, 5) is 4.24. The second-order valence-corrected chi connectivity index (χ2v) is 6.63. The van der Waals surface area contributed by atoms with E-state index in [0.29, 0.717) is 27.4 Å². The Morgan fingerprint density at radius 1 is 1.05 bits per heavy atom. The predicted molar refractivity (Wildman–Crippen MR) is 87.4 cm³/mol. The first kappa shape index (κ1) is 16.0. The summed E-state index contributed by atoms with van der Waals surface area (Å²) < 4.78 is 11.5. The summed E-state index contributed by atoms with van der Waals surface area (Å²) in [6.07, 6.45) is 3.24. The van der Waals surface area contributed by atoms with Gasteiger partial charge < -0.3 is 15.2 Å². The molecule has 21 heavy (non-hydrogen) atoms. The van der Waals surface area contributed by atoms with E-state index in [1.54, 1.807) is 24.4 Å². The third-order valence-corrected chi connectivity index (χ3v) is 4.28. The van der Waals surface area contributed by atoms with Crippen molar-refractivity contribution < 1.29 is 9.47 Å². The van der Waals surface area contributed by atoms with Crippen LogP contribution in [0.1, 0.15) is 27.7 Å². The lowest BCUT2D eigenvalue weighted by atomic mass is 9.90. The second kappa shape index (κ2) is 5.43. The third-order valence-electron chi connectivity index (χ3n) is 3.66. The van der Waals surface area contributed by atoms with E-state index >= 15 is 0 Å². The topological polar surface area (TPSA) is 56.8 Å². The molecule has 0 bridgehead atoms. The lowest BCUT2D eigenvalue weighted by Gasteiger charge is -2.28. The van der Waals surface area contributed by atoms with E-state index in [9.17, 15) is 0 Å². The molecule has 1 heterocycles. The molecule has 0 saturated carbocycles. The molecule has 0 atom stereocenters. The summed E-state index contributed by atoms with van der Waals surface area (Å²) in [5.74, 6) is 0.432. The molecule has 0 spiro atoms. The average Bonchev–Trinajstić information content (AvgIpc) is 2.54. The van der Waals surface area contributed by atoms with Crippen molar-refractivity contribution in [3.63, 3.8) is 0 Å². The van der Waals surface area contributed by atoms with Crippen LogP contribution < -0.4 is 5.73 Å². The molecular weight excluding hydrogens is 311 g/mol. The Hall–Kier alpha value is -1.39. The van der Waals surface area contributed by atoms with Gasteiger partial charge in [0.15, 0.2) is 0 Å². The zero-order valence-corrected chi connectivity index (χ0v) is 13.9. The fraction of sp³-hybridized carbons (Fsp3) is 0.400. The van der Waals surface area contributed by atoms with Crippen LogP contribution in [0.25, 0.3) is 0 Å². The molecule has 1 aromatic rings. The van der Waals surface area contributed by atoms with E-state index in [-0.39, 0.29) is 0 Å². The van der Waals surface area contributed by atoms with Crippen LogP contribution in [0.4, 0.5) is 11.4 Å². The molecule has 1 aliphatic heterocycles. The number of nitrogens with zero attached hydrogens (tertiary/aromatic N) is 1. The Morgan fingerprint density at radius 3 is 2.00 bits per heavy atom. The fourth-order valence-corrected chi connectivity index (χ4v) is 2.14. The molecule has 2 rings (SSSR count). The first-order valence-electron chi connectivity index (χ1n) is 6.49. The zero-order chi connectivity index (χ0) is 15.8. The maximum Gasteiger partial charge on any atom is 0.282 e. The standard InChI is InChI=1S/C15H18Cl2N2O2/c1-14(2)15(3,4)21-12(20-14)5-6-19-9-7-10(16)13(18)11(17)8-9/h5-8H,18H2,1-4H3. The van der Waals surface area contributed by atoms with Crippen LogP contribution in [0.3, 0.4) is 0 Å². The van der Waals surface area contributed by atoms with Gasteiger partial charge in [0, 0.05) is 12.3 Å². The Kier molecular flexibility index (Phi) is 4.13. The molecule has 1 saturated heterocycles. The SMILES string of the molecule is CC1(C)OC(=CC=Nc2cc(Cl)c(N)c(Cl)c2)OC1(C)C. The highest BCUT2D eigenvalue weighted by atomic mass is 35.5. The summed E-state index contributed by atoms with van der Waals surface area (Å²) in [5.41, 5.74) is 5.82. The summed E-state index contributed by atoms with van der Waals surface area (Å²) in [5, 5.41) is 0.746. The van der Waals surface area contributed by atoms with E-state index in [0.717, 1.165) is 0 Å². The Balaban J connectivity index is 2.15. The van der Waals surface area contributed by atoms with E-state index in [1.165, 1.54) is 0 Å². The molecule has 0 unspecified atom stereocenters. The summed E-state index contributed by atoms with van der Waals surface area (Å²) in [6.45, 7) is 7.91. The van der Waals surface area contributed by atoms with Crippen molar-refractivity contribution in [1.82, 2.24) is 0 Å². The molecule has 1 aromatic carbocycles. The maximum atomic E-state index is 5.95. The van der Waals surface area contributed by atoms with E-state index < -0.39 is 11.2 Å². The van der Waals surface area contributed by atoms with E-state index in [4.69, 9.17) is 38.4 Å². The molecule has 4 nitrogen and oxygen atoms in total. The number of anilines is 1. The Morgan fingerprint density at radius 2 is 1.52 bits per heavy atom. The molecule has 2 N–H and O–H groups in total. The van der Waals surface area contributed by atoms with Crippen molar-refractivity contribution in [2.24, 2.45) is 4.99 Å². The third kappa shape index (κ3) is 3.27. The molecule has 114 valence electrons. The number of ether oxygens (including phenoxy) is 2. The van der Waals surface area contributed by atoms with Crippen LogP contribution >= 0.6 is 23.2 Å². The quantitative estimate of drug-likeness (QED) is 0.631. The number of rotatable bonds is 2. The van der Waals surface area contributed by atoms with Crippen molar-refractivity contribution in [2.45, 2.75) is 38.9 Å². The molecule has 6 heteroatoms. The number of allylic oxidation sites excluding steroid dienone is 1. The van der Waals surface area contributed by atoms with Crippen molar-refractivity contribution in [2.75, 3.05) is 5.73 Å². The highest BCUT2D eigenvalue weighted by Crippen LogP contribution is 2.39. The smallest absolute Gasteiger partial charge is 0.282 e. The van der Waals surface area contributed by atoms with Gasteiger partial charge in [-0.15, -0.1) is 0 Å². The number of nitrogens with two attached hydrogens (primary N) is 1. The predicted octanol–water partition coefficient (Wildman–Crippen LogP) is 4.72.